The van der Waals surface area contributed by atoms with Crippen LogP contribution < -0.4 is 0 Å². The van der Waals surface area contributed by atoms with Gasteiger partial charge in [-0.2, -0.15) is 0 Å². The van der Waals surface area contributed by atoms with E-state index >= 15 is 0 Å². The predicted octanol–water partition coefficient (Wildman–Crippen LogP) is 4.49. The van der Waals surface area contributed by atoms with Crippen molar-refractivity contribution in [1.29, 1.82) is 0 Å². The lowest BCUT2D eigenvalue weighted by Crippen LogP contribution is -2.23. The number of aromatic nitrogens is 1. The zero-order valence-corrected chi connectivity index (χ0v) is 15.1. The number of H-pyrrole nitrogens is 1. The molecule has 0 unspecified atom stereocenters. The van der Waals surface area contributed by atoms with Gasteiger partial charge in [-0.3, -0.25) is 4.79 Å². The Morgan fingerprint density at radius 1 is 1.29 bits per heavy atom. The van der Waals surface area contributed by atoms with Crippen LogP contribution in [0.5, 0.6) is 0 Å². The number of aryl methyl sites for hydroxylation is 2. The summed E-state index contributed by atoms with van der Waals surface area (Å²) in [6, 6.07) is 3.61. The first-order valence-corrected chi connectivity index (χ1v) is 8.22. The van der Waals surface area contributed by atoms with Gasteiger partial charge in [0, 0.05) is 22.3 Å². The molecule has 2 aromatic rings. The third kappa shape index (κ3) is 4.29. The molecule has 2 rings (SSSR count). The summed E-state index contributed by atoms with van der Waals surface area (Å²) in [4.78, 5) is 26.2. The Bertz CT molecular complexity index is 786. The second kappa shape index (κ2) is 6.85. The molecular formula is C18H22ClNO4. The molecule has 0 aliphatic rings. The molecule has 6 heteroatoms. The topological polar surface area (TPSA) is 79.4 Å². The van der Waals surface area contributed by atoms with E-state index in [4.69, 9.17) is 16.3 Å². The van der Waals surface area contributed by atoms with Gasteiger partial charge in [0.2, 0.25) is 0 Å². The fourth-order valence-corrected chi connectivity index (χ4v) is 2.79. The number of carboxylic acid groups (broad SMARTS) is 1. The summed E-state index contributed by atoms with van der Waals surface area (Å²) in [5.74, 6) is -1.30. The highest BCUT2D eigenvalue weighted by Crippen LogP contribution is 2.29. The van der Waals surface area contributed by atoms with Crippen LogP contribution in [0.1, 0.15) is 55.2 Å². The zero-order chi connectivity index (χ0) is 18.1. The van der Waals surface area contributed by atoms with E-state index in [-0.39, 0.29) is 18.1 Å². The molecule has 2 N–H and O–H groups in total. The minimum Gasteiger partial charge on any atom is -0.477 e. The van der Waals surface area contributed by atoms with Crippen molar-refractivity contribution < 1.29 is 19.4 Å². The fraction of sp³-hybridized carbons (Fsp3) is 0.444. The van der Waals surface area contributed by atoms with Gasteiger partial charge in [0.05, 0.1) is 0 Å². The number of aromatic amines is 1. The lowest BCUT2D eigenvalue weighted by Gasteiger charge is -2.19. The average Bonchev–Trinajstić information content (AvgIpc) is 2.76. The normalized spacial score (nSPS) is 11.7. The highest BCUT2D eigenvalue weighted by Gasteiger charge is 2.19. The van der Waals surface area contributed by atoms with Crippen LogP contribution in [0, 0.1) is 6.92 Å². The van der Waals surface area contributed by atoms with E-state index in [1.807, 2.05) is 33.8 Å². The number of hydrogen-bond donors (Lipinski definition) is 2. The Balaban J connectivity index is 2.21. The van der Waals surface area contributed by atoms with Gasteiger partial charge in [-0.15, -0.1) is 0 Å². The first-order chi connectivity index (χ1) is 11.1. The van der Waals surface area contributed by atoms with Crippen LogP contribution in [-0.2, 0) is 16.0 Å². The van der Waals surface area contributed by atoms with Gasteiger partial charge in [-0.25, -0.2) is 4.79 Å². The van der Waals surface area contributed by atoms with Crippen molar-refractivity contribution in [2.75, 3.05) is 0 Å². The number of halogens is 1. The highest BCUT2D eigenvalue weighted by atomic mass is 35.5. The summed E-state index contributed by atoms with van der Waals surface area (Å²) in [6.45, 7) is 7.33. The highest BCUT2D eigenvalue weighted by molar-refractivity contribution is 6.32. The van der Waals surface area contributed by atoms with E-state index < -0.39 is 11.6 Å². The van der Waals surface area contributed by atoms with Crippen LogP contribution in [0.25, 0.3) is 10.9 Å². The summed E-state index contributed by atoms with van der Waals surface area (Å²) >= 11 is 6.11. The molecule has 1 aromatic heterocycles. The van der Waals surface area contributed by atoms with Gasteiger partial charge in [0.15, 0.2) is 0 Å². The number of esters is 1. The number of benzene rings is 1. The van der Waals surface area contributed by atoms with Crippen molar-refractivity contribution >= 4 is 34.4 Å². The summed E-state index contributed by atoms with van der Waals surface area (Å²) < 4.78 is 5.28. The molecule has 1 heterocycles. The Labute approximate surface area is 146 Å². The quantitative estimate of drug-likeness (QED) is 0.778. The molecule has 0 saturated heterocycles. The summed E-state index contributed by atoms with van der Waals surface area (Å²) in [5.41, 5.74) is 1.90. The number of rotatable bonds is 5. The number of aromatic carboxylic acids is 1. The zero-order valence-electron chi connectivity index (χ0n) is 14.3. The minimum atomic E-state index is -1.02. The molecule has 24 heavy (non-hydrogen) atoms. The maximum Gasteiger partial charge on any atom is 0.352 e. The maximum absolute atomic E-state index is 11.8. The Hall–Kier alpha value is -2.01. The van der Waals surface area contributed by atoms with Crippen LogP contribution in [0.4, 0.5) is 0 Å². The minimum absolute atomic E-state index is 0.149. The summed E-state index contributed by atoms with van der Waals surface area (Å²) in [7, 11) is 0. The van der Waals surface area contributed by atoms with Gasteiger partial charge in [-0.05, 0) is 63.8 Å². The molecule has 0 bridgehead atoms. The van der Waals surface area contributed by atoms with Crippen LogP contribution in [0.2, 0.25) is 5.02 Å². The van der Waals surface area contributed by atoms with Crippen molar-refractivity contribution in [3.63, 3.8) is 0 Å². The Kier molecular flexibility index (Phi) is 5.23. The number of carbonyl (C=O) groups excluding carboxylic acids is 1. The lowest BCUT2D eigenvalue weighted by molar-refractivity contribution is -0.154. The third-order valence-corrected chi connectivity index (χ3v) is 4.03. The standard InChI is InChI=1S/C18H22ClNO4/c1-10-8-12-11(6-5-7-15(21)24-18(2,3)4)16(17(22)23)20-14(12)9-13(10)19/h8-9,20H,5-7H2,1-4H3,(H,22,23). The molecule has 0 amide bonds. The van der Waals surface area contributed by atoms with Crippen LogP contribution in [0.15, 0.2) is 12.1 Å². The molecule has 0 radical (unpaired) electrons. The Morgan fingerprint density at radius 3 is 2.54 bits per heavy atom. The van der Waals surface area contributed by atoms with Gasteiger partial charge >= 0.3 is 11.9 Å². The average molecular weight is 352 g/mol. The van der Waals surface area contributed by atoms with E-state index in [1.54, 1.807) is 6.07 Å². The van der Waals surface area contributed by atoms with E-state index in [1.165, 1.54) is 0 Å². The SMILES string of the molecule is Cc1cc2c(CCCC(=O)OC(C)(C)C)c(C(=O)O)[nH]c2cc1Cl. The molecule has 0 aliphatic carbocycles. The monoisotopic (exact) mass is 351 g/mol. The van der Waals surface area contributed by atoms with E-state index in [2.05, 4.69) is 4.98 Å². The van der Waals surface area contributed by atoms with E-state index in [9.17, 15) is 14.7 Å². The number of ether oxygens (including phenoxy) is 1. The van der Waals surface area contributed by atoms with E-state index in [0.717, 1.165) is 10.9 Å². The van der Waals surface area contributed by atoms with Crippen LogP contribution in [0.3, 0.4) is 0 Å². The first-order valence-electron chi connectivity index (χ1n) is 7.84. The smallest absolute Gasteiger partial charge is 0.352 e. The summed E-state index contributed by atoms with van der Waals surface area (Å²) in [5, 5.41) is 10.8. The summed E-state index contributed by atoms with van der Waals surface area (Å²) in [6.07, 6.45) is 1.24. The Morgan fingerprint density at radius 2 is 1.96 bits per heavy atom. The van der Waals surface area contributed by atoms with Crippen molar-refractivity contribution in [2.24, 2.45) is 0 Å². The van der Waals surface area contributed by atoms with Crippen molar-refractivity contribution in [3.05, 3.63) is 34.0 Å². The third-order valence-electron chi connectivity index (χ3n) is 3.63. The van der Waals surface area contributed by atoms with Crippen molar-refractivity contribution in [2.45, 2.75) is 52.6 Å². The molecule has 5 nitrogen and oxygen atoms in total. The van der Waals surface area contributed by atoms with Crippen molar-refractivity contribution in [3.8, 4) is 0 Å². The lowest BCUT2D eigenvalue weighted by atomic mass is 10.0. The van der Waals surface area contributed by atoms with Gasteiger partial charge in [-0.1, -0.05) is 11.6 Å². The molecule has 130 valence electrons. The largest absolute Gasteiger partial charge is 0.477 e. The number of hydrogen-bond acceptors (Lipinski definition) is 3. The van der Waals surface area contributed by atoms with Gasteiger partial charge in [0.25, 0.3) is 0 Å². The first kappa shape index (κ1) is 18.3. The number of carbonyl (C=O) groups is 2. The second-order valence-corrected chi connectivity index (χ2v) is 7.28. The second-order valence-electron chi connectivity index (χ2n) is 6.87. The number of fused-ring (bicyclic) bond motifs is 1. The fourth-order valence-electron chi connectivity index (χ4n) is 2.62. The molecule has 0 atom stereocenters. The van der Waals surface area contributed by atoms with Crippen molar-refractivity contribution in [1.82, 2.24) is 4.98 Å². The molecule has 0 fully saturated rings. The van der Waals surface area contributed by atoms with Gasteiger partial charge < -0.3 is 14.8 Å². The molecule has 0 spiro atoms. The molecule has 0 saturated carbocycles. The predicted molar refractivity (Wildman–Crippen MR) is 93.8 cm³/mol. The maximum atomic E-state index is 11.8. The molecular weight excluding hydrogens is 330 g/mol. The van der Waals surface area contributed by atoms with E-state index in [0.29, 0.717) is 28.9 Å². The van der Waals surface area contributed by atoms with Gasteiger partial charge in [0.1, 0.15) is 11.3 Å². The number of nitrogens with one attached hydrogen (secondary N) is 1. The number of carboxylic acids is 1. The van der Waals surface area contributed by atoms with Crippen LogP contribution in [-0.4, -0.2) is 27.6 Å². The molecule has 1 aromatic carbocycles. The molecule has 0 aliphatic heterocycles. The van der Waals surface area contributed by atoms with Crippen LogP contribution >= 0.6 is 11.6 Å².